The number of nitrogens with zero attached hydrogens (tertiary/aromatic N) is 6. The Hall–Kier alpha value is -2.46. The molecule has 1 aromatic carbocycles. The van der Waals surface area contributed by atoms with E-state index in [0.717, 1.165) is 12.8 Å². The van der Waals surface area contributed by atoms with Gasteiger partial charge in [-0.15, -0.1) is 10.2 Å². The first-order valence-corrected chi connectivity index (χ1v) is 10.2. The van der Waals surface area contributed by atoms with Crippen molar-refractivity contribution in [3.8, 4) is 5.69 Å². The molecule has 0 spiro atoms. The van der Waals surface area contributed by atoms with Gasteiger partial charge in [0.1, 0.15) is 5.82 Å². The molecule has 0 bridgehead atoms. The van der Waals surface area contributed by atoms with Crippen molar-refractivity contribution in [2.75, 3.05) is 31.2 Å². The van der Waals surface area contributed by atoms with E-state index in [2.05, 4.69) is 32.2 Å². The van der Waals surface area contributed by atoms with E-state index in [1.165, 1.54) is 23.9 Å². The summed E-state index contributed by atoms with van der Waals surface area (Å²) in [6, 6.07) is 6.41. The summed E-state index contributed by atoms with van der Waals surface area (Å²) in [4.78, 5) is 6.48. The van der Waals surface area contributed by atoms with Crippen LogP contribution in [0.25, 0.3) is 5.69 Å². The number of morpholine rings is 1. The van der Waals surface area contributed by atoms with Gasteiger partial charge in [0.05, 0.1) is 24.7 Å². The standard InChI is InChI=1S/C18H21FN6O2S/c1-2-4-15-20-16(27-23-15)12-28-18-22-21-17(24-7-9-26-10-8-24)25(18)14-6-3-5-13(19)11-14/h3,5-6,11H,2,4,7-10,12H2,1H3. The van der Waals surface area contributed by atoms with Crippen molar-refractivity contribution in [1.82, 2.24) is 24.9 Å². The molecule has 10 heteroatoms. The van der Waals surface area contributed by atoms with Crippen molar-refractivity contribution in [3.05, 3.63) is 41.8 Å². The van der Waals surface area contributed by atoms with Gasteiger partial charge in [-0.25, -0.2) is 4.39 Å². The van der Waals surface area contributed by atoms with Crippen molar-refractivity contribution in [1.29, 1.82) is 0 Å². The second kappa shape index (κ2) is 8.70. The Morgan fingerprint density at radius 2 is 2.07 bits per heavy atom. The van der Waals surface area contributed by atoms with E-state index >= 15 is 0 Å². The summed E-state index contributed by atoms with van der Waals surface area (Å²) >= 11 is 1.43. The topological polar surface area (TPSA) is 82.1 Å². The Bertz CT molecular complexity index is 924. The van der Waals surface area contributed by atoms with Gasteiger partial charge in [-0.2, -0.15) is 4.98 Å². The Morgan fingerprint density at radius 3 is 2.86 bits per heavy atom. The summed E-state index contributed by atoms with van der Waals surface area (Å²) in [6.45, 7) is 4.74. The van der Waals surface area contributed by atoms with E-state index in [1.807, 2.05) is 10.6 Å². The van der Waals surface area contributed by atoms with Crippen molar-refractivity contribution in [2.24, 2.45) is 0 Å². The van der Waals surface area contributed by atoms with Crippen LogP contribution in [0.4, 0.5) is 10.3 Å². The fraction of sp³-hybridized carbons (Fsp3) is 0.444. The quantitative estimate of drug-likeness (QED) is 0.556. The molecule has 1 aliphatic rings. The Morgan fingerprint density at radius 1 is 1.21 bits per heavy atom. The molecule has 2 aromatic heterocycles. The van der Waals surface area contributed by atoms with Gasteiger partial charge in [0, 0.05) is 19.5 Å². The molecule has 1 fully saturated rings. The lowest BCUT2D eigenvalue weighted by molar-refractivity contribution is 0.122. The van der Waals surface area contributed by atoms with E-state index in [-0.39, 0.29) is 5.82 Å². The molecule has 4 rings (SSSR count). The zero-order valence-electron chi connectivity index (χ0n) is 15.5. The Labute approximate surface area is 166 Å². The molecular formula is C18H21FN6O2S. The predicted octanol–water partition coefficient (Wildman–Crippen LogP) is 2.87. The number of anilines is 1. The second-order valence-corrected chi connectivity index (χ2v) is 7.28. The summed E-state index contributed by atoms with van der Waals surface area (Å²) in [6.07, 6.45) is 1.75. The number of benzene rings is 1. The third-order valence-electron chi connectivity index (χ3n) is 4.29. The van der Waals surface area contributed by atoms with Crippen LogP contribution >= 0.6 is 11.8 Å². The van der Waals surface area contributed by atoms with Gasteiger partial charge in [-0.3, -0.25) is 4.57 Å². The van der Waals surface area contributed by atoms with Crippen LogP contribution in [0.5, 0.6) is 0 Å². The molecule has 1 saturated heterocycles. The molecule has 8 nitrogen and oxygen atoms in total. The monoisotopic (exact) mass is 404 g/mol. The maximum atomic E-state index is 13.9. The minimum absolute atomic E-state index is 0.309. The van der Waals surface area contributed by atoms with E-state index in [1.54, 1.807) is 6.07 Å². The zero-order valence-corrected chi connectivity index (χ0v) is 16.4. The van der Waals surface area contributed by atoms with Crippen molar-refractivity contribution < 1.29 is 13.7 Å². The highest BCUT2D eigenvalue weighted by Crippen LogP contribution is 2.29. The lowest BCUT2D eigenvalue weighted by atomic mass is 10.3. The molecule has 0 unspecified atom stereocenters. The molecule has 3 heterocycles. The van der Waals surface area contributed by atoms with Crippen molar-refractivity contribution in [2.45, 2.75) is 30.7 Å². The predicted molar refractivity (Wildman–Crippen MR) is 102 cm³/mol. The van der Waals surface area contributed by atoms with Gasteiger partial charge in [0.15, 0.2) is 11.0 Å². The smallest absolute Gasteiger partial charge is 0.237 e. The van der Waals surface area contributed by atoms with Gasteiger partial charge in [-0.1, -0.05) is 29.9 Å². The van der Waals surface area contributed by atoms with E-state index in [0.29, 0.717) is 60.6 Å². The maximum absolute atomic E-state index is 13.9. The summed E-state index contributed by atoms with van der Waals surface area (Å²) in [7, 11) is 0. The molecule has 148 valence electrons. The van der Waals surface area contributed by atoms with Crippen LogP contribution in [-0.4, -0.2) is 51.2 Å². The number of aromatic nitrogens is 5. The fourth-order valence-corrected chi connectivity index (χ4v) is 3.75. The average molecular weight is 404 g/mol. The lowest BCUT2D eigenvalue weighted by Crippen LogP contribution is -2.37. The molecule has 0 amide bonds. The van der Waals surface area contributed by atoms with E-state index < -0.39 is 0 Å². The van der Waals surface area contributed by atoms with Gasteiger partial charge >= 0.3 is 0 Å². The number of hydrogen-bond donors (Lipinski definition) is 0. The highest BCUT2D eigenvalue weighted by molar-refractivity contribution is 7.98. The summed E-state index contributed by atoms with van der Waals surface area (Å²) in [5.74, 6) is 2.08. The molecular weight excluding hydrogens is 383 g/mol. The molecule has 0 aliphatic carbocycles. The van der Waals surface area contributed by atoms with E-state index in [9.17, 15) is 4.39 Å². The largest absolute Gasteiger partial charge is 0.378 e. The van der Waals surface area contributed by atoms with Gasteiger partial charge < -0.3 is 14.2 Å². The van der Waals surface area contributed by atoms with Crippen LogP contribution in [0, 0.1) is 5.82 Å². The summed E-state index contributed by atoms with van der Waals surface area (Å²) < 4.78 is 26.5. The highest BCUT2D eigenvalue weighted by Gasteiger charge is 2.22. The van der Waals surface area contributed by atoms with Crippen LogP contribution in [0.3, 0.4) is 0 Å². The van der Waals surface area contributed by atoms with Gasteiger partial charge in [-0.05, 0) is 24.6 Å². The molecule has 0 radical (unpaired) electrons. The van der Waals surface area contributed by atoms with E-state index in [4.69, 9.17) is 9.26 Å². The molecule has 0 N–H and O–H groups in total. The average Bonchev–Trinajstić information content (AvgIpc) is 3.34. The normalized spacial score (nSPS) is 14.6. The minimum atomic E-state index is -0.309. The van der Waals surface area contributed by atoms with Crippen molar-refractivity contribution in [3.63, 3.8) is 0 Å². The van der Waals surface area contributed by atoms with Crippen LogP contribution in [0.15, 0.2) is 33.9 Å². The number of thioether (sulfide) groups is 1. The molecule has 28 heavy (non-hydrogen) atoms. The minimum Gasteiger partial charge on any atom is -0.378 e. The number of aryl methyl sites for hydroxylation is 1. The Kier molecular flexibility index (Phi) is 5.87. The highest BCUT2D eigenvalue weighted by atomic mass is 32.2. The molecule has 0 atom stereocenters. The fourth-order valence-electron chi connectivity index (χ4n) is 2.97. The number of ether oxygens (including phenoxy) is 1. The third kappa shape index (κ3) is 4.17. The number of hydrogen-bond acceptors (Lipinski definition) is 8. The zero-order chi connectivity index (χ0) is 19.3. The SMILES string of the molecule is CCCc1noc(CSc2nnc(N3CCOCC3)n2-c2cccc(F)c2)n1. The second-order valence-electron chi connectivity index (χ2n) is 6.34. The number of halogens is 1. The molecule has 3 aromatic rings. The van der Waals surface area contributed by atoms with Crippen LogP contribution in [0.2, 0.25) is 0 Å². The maximum Gasteiger partial charge on any atom is 0.237 e. The third-order valence-corrected chi connectivity index (χ3v) is 5.20. The lowest BCUT2D eigenvalue weighted by Gasteiger charge is -2.27. The van der Waals surface area contributed by atoms with Crippen LogP contribution in [0.1, 0.15) is 25.1 Å². The first-order valence-electron chi connectivity index (χ1n) is 9.23. The van der Waals surface area contributed by atoms with Crippen LogP contribution < -0.4 is 4.90 Å². The Balaban J connectivity index is 1.61. The summed E-state index contributed by atoms with van der Waals surface area (Å²) in [5, 5.41) is 13.3. The van der Waals surface area contributed by atoms with Gasteiger partial charge in [0.2, 0.25) is 11.8 Å². The molecule has 0 saturated carbocycles. The van der Waals surface area contributed by atoms with Crippen LogP contribution in [-0.2, 0) is 16.9 Å². The van der Waals surface area contributed by atoms with Crippen molar-refractivity contribution >= 4 is 17.7 Å². The first-order chi connectivity index (χ1) is 13.7. The molecule has 1 aliphatic heterocycles. The summed E-state index contributed by atoms with van der Waals surface area (Å²) in [5.41, 5.74) is 0.672. The number of rotatable bonds is 7. The van der Waals surface area contributed by atoms with Gasteiger partial charge in [0.25, 0.3) is 0 Å². The first kappa shape index (κ1) is 18.9.